The fourth-order valence-electron chi connectivity index (χ4n) is 1.78. The van der Waals surface area contributed by atoms with E-state index in [0.717, 1.165) is 12.3 Å². The maximum atomic E-state index is 12.0. The molecule has 8 nitrogen and oxygen atoms in total. The highest BCUT2D eigenvalue weighted by atomic mass is 16.6. The average Bonchev–Trinajstić information content (AvgIpc) is 2.38. The van der Waals surface area contributed by atoms with Gasteiger partial charge >= 0.3 is 0 Å². The molecule has 0 aromatic carbocycles. The molecule has 0 aliphatic rings. The normalized spacial score (nSPS) is 10.6. The quantitative estimate of drug-likeness (QED) is 0.634. The van der Waals surface area contributed by atoms with Crippen molar-refractivity contribution in [3.63, 3.8) is 0 Å². The summed E-state index contributed by atoms with van der Waals surface area (Å²) in [6, 6.07) is 1.10. The van der Waals surface area contributed by atoms with Gasteiger partial charge in [-0.3, -0.25) is 19.7 Å². The molecule has 2 aromatic rings. The smallest absolute Gasteiger partial charge is 0.288 e. The van der Waals surface area contributed by atoms with Crippen LogP contribution in [0.15, 0.2) is 23.3 Å². The van der Waals surface area contributed by atoms with Gasteiger partial charge < -0.3 is 10.3 Å². The summed E-state index contributed by atoms with van der Waals surface area (Å²) in [7, 11) is 0. The van der Waals surface area contributed by atoms with Gasteiger partial charge in [0.1, 0.15) is 17.4 Å². The first-order chi connectivity index (χ1) is 8.95. The van der Waals surface area contributed by atoms with E-state index in [2.05, 4.69) is 4.98 Å². The highest BCUT2D eigenvalue weighted by molar-refractivity contribution is 5.95. The van der Waals surface area contributed by atoms with Gasteiger partial charge in [-0.15, -0.1) is 0 Å². The number of aryl methyl sites for hydroxylation is 1. The van der Waals surface area contributed by atoms with E-state index in [4.69, 9.17) is 5.73 Å². The number of nitrogens with zero attached hydrogens (tertiary/aromatic N) is 3. The molecule has 0 saturated heterocycles. The van der Waals surface area contributed by atoms with E-state index < -0.39 is 16.3 Å². The molecule has 2 N–H and O–H groups in total. The second-order valence-electron chi connectivity index (χ2n) is 3.84. The number of nitrogens with two attached hydrogens (primary N) is 1. The van der Waals surface area contributed by atoms with Crippen molar-refractivity contribution >= 4 is 22.6 Å². The van der Waals surface area contributed by atoms with Crippen LogP contribution < -0.4 is 11.2 Å². The van der Waals surface area contributed by atoms with Gasteiger partial charge in [0.2, 0.25) is 5.43 Å². The predicted octanol–water partition coefficient (Wildman–Crippen LogP) is 0.424. The maximum Gasteiger partial charge on any atom is 0.288 e. The Kier molecular flexibility index (Phi) is 2.99. The summed E-state index contributed by atoms with van der Waals surface area (Å²) >= 11 is 0. The van der Waals surface area contributed by atoms with Crippen LogP contribution in [0.5, 0.6) is 0 Å². The van der Waals surface area contributed by atoms with Crippen molar-refractivity contribution in [3.8, 4) is 0 Å². The number of hydrogen-bond acceptors (Lipinski definition) is 5. The molecule has 0 radical (unpaired) electrons. The largest absolute Gasteiger partial charge is 0.365 e. The zero-order valence-corrected chi connectivity index (χ0v) is 9.99. The molecule has 1 amide bonds. The number of primary amides is 1. The summed E-state index contributed by atoms with van der Waals surface area (Å²) in [5, 5.41) is 10.7. The third-order valence-electron chi connectivity index (χ3n) is 2.72. The monoisotopic (exact) mass is 262 g/mol. The van der Waals surface area contributed by atoms with Crippen LogP contribution in [0.25, 0.3) is 11.0 Å². The topological polar surface area (TPSA) is 121 Å². The minimum atomic E-state index is -0.874. The first-order valence-corrected chi connectivity index (χ1v) is 5.43. The van der Waals surface area contributed by atoms with Crippen LogP contribution in [-0.4, -0.2) is 20.4 Å². The van der Waals surface area contributed by atoms with Crippen LogP contribution in [0.1, 0.15) is 17.3 Å². The van der Waals surface area contributed by atoms with Crippen molar-refractivity contribution in [2.24, 2.45) is 5.73 Å². The van der Waals surface area contributed by atoms with Gasteiger partial charge in [0.25, 0.3) is 11.6 Å². The summed E-state index contributed by atoms with van der Waals surface area (Å²) < 4.78 is 1.54. The third kappa shape index (κ3) is 2.03. The molecule has 0 bridgehead atoms. The van der Waals surface area contributed by atoms with Crippen molar-refractivity contribution in [2.45, 2.75) is 13.5 Å². The van der Waals surface area contributed by atoms with Gasteiger partial charge in [-0.2, -0.15) is 0 Å². The Morgan fingerprint density at radius 3 is 2.79 bits per heavy atom. The van der Waals surface area contributed by atoms with Gasteiger partial charge in [-0.25, -0.2) is 4.98 Å². The highest BCUT2D eigenvalue weighted by Crippen LogP contribution is 2.16. The molecule has 19 heavy (non-hydrogen) atoms. The molecule has 2 heterocycles. The van der Waals surface area contributed by atoms with E-state index in [-0.39, 0.29) is 22.3 Å². The average molecular weight is 262 g/mol. The van der Waals surface area contributed by atoms with Crippen molar-refractivity contribution in [3.05, 3.63) is 44.4 Å². The van der Waals surface area contributed by atoms with Crippen molar-refractivity contribution in [2.75, 3.05) is 0 Å². The van der Waals surface area contributed by atoms with Gasteiger partial charge in [-0.05, 0) is 6.92 Å². The predicted molar refractivity (Wildman–Crippen MR) is 66.8 cm³/mol. The SMILES string of the molecule is CCn1cc(C(N)=O)c(=O)c2cc([N+](=O)[O-])cnc21. The maximum absolute atomic E-state index is 12.0. The van der Waals surface area contributed by atoms with Crippen LogP contribution >= 0.6 is 0 Å². The molecule has 2 aromatic heterocycles. The van der Waals surface area contributed by atoms with Crippen LogP contribution in [0, 0.1) is 10.1 Å². The van der Waals surface area contributed by atoms with Gasteiger partial charge in [0, 0.05) is 18.8 Å². The number of amides is 1. The Morgan fingerprint density at radius 1 is 1.58 bits per heavy atom. The van der Waals surface area contributed by atoms with E-state index in [1.807, 2.05) is 0 Å². The third-order valence-corrected chi connectivity index (χ3v) is 2.72. The summed E-state index contributed by atoms with van der Waals surface area (Å²) in [4.78, 5) is 37.2. The highest BCUT2D eigenvalue weighted by Gasteiger charge is 2.16. The molecule has 98 valence electrons. The number of fused-ring (bicyclic) bond motifs is 1. The van der Waals surface area contributed by atoms with Crippen LogP contribution in [-0.2, 0) is 6.54 Å². The second-order valence-corrected chi connectivity index (χ2v) is 3.84. The van der Waals surface area contributed by atoms with E-state index in [1.165, 1.54) is 6.20 Å². The Hall–Kier alpha value is -2.77. The van der Waals surface area contributed by atoms with Gasteiger partial charge in [0.05, 0.1) is 10.3 Å². The molecule has 0 fully saturated rings. The molecule has 0 aliphatic heterocycles. The van der Waals surface area contributed by atoms with E-state index in [0.29, 0.717) is 6.54 Å². The standard InChI is InChI=1S/C11H10N4O4/c1-2-14-5-8(10(12)17)9(16)7-3-6(15(18)19)4-13-11(7)14/h3-5H,2H2,1H3,(H2,12,17). The first-order valence-electron chi connectivity index (χ1n) is 5.43. The zero-order chi connectivity index (χ0) is 14.2. The number of carbonyl (C=O) groups is 1. The van der Waals surface area contributed by atoms with Crippen molar-refractivity contribution in [1.29, 1.82) is 0 Å². The summed E-state index contributed by atoms with van der Waals surface area (Å²) in [5.74, 6) is -0.874. The molecular weight excluding hydrogens is 252 g/mol. The lowest BCUT2D eigenvalue weighted by molar-refractivity contribution is -0.385. The molecule has 8 heteroatoms. The minimum Gasteiger partial charge on any atom is -0.365 e. The summed E-state index contributed by atoms with van der Waals surface area (Å²) in [6.45, 7) is 2.24. The van der Waals surface area contributed by atoms with E-state index in [9.17, 15) is 19.7 Å². The van der Waals surface area contributed by atoms with Crippen molar-refractivity contribution < 1.29 is 9.72 Å². The number of nitro groups is 1. The number of hydrogen-bond donors (Lipinski definition) is 1. The first kappa shape index (κ1) is 12.7. The molecule has 0 saturated carbocycles. The number of carbonyl (C=O) groups excluding carboxylic acids is 1. The lowest BCUT2D eigenvalue weighted by Gasteiger charge is -2.08. The van der Waals surface area contributed by atoms with E-state index in [1.54, 1.807) is 11.5 Å². The van der Waals surface area contributed by atoms with Crippen LogP contribution in [0.4, 0.5) is 5.69 Å². The molecule has 2 rings (SSSR count). The molecule has 0 spiro atoms. The molecule has 0 aliphatic carbocycles. The Labute approximate surface area is 106 Å². The van der Waals surface area contributed by atoms with Gasteiger partial charge in [0.15, 0.2) is 0 Å². The lowest BCUT2D eigenvalue weighted by atomic mass is 10.2. The van der Waals surface area contributed by atoms with Crippen molar-refractivity contribution in [1.82, 2.24) is 9.55 Å². The number of rotatable bonds is 3. The number of pyridine rings is 2. The second kappa shape index (κ2) is 4.48. The number of aromatic nitrogens is 2. The lowest BCUT2D eigenvalue weighted by Crippen LogP contribution is -2.24. The Balaban J connectivity index is 2.92. The summed E-state index contributed by atoms with van der Waals surface area (Å²) in [6.07, 6.45) is 2.38. The fraction of sp³-hybridized carbons (Fsp3) is 0.182. The molecule has 0 unspecified atom stereocenters. The van der Waals surface area contributed by atoms with E-state index >= 15 is 0 Å². The fourth-order valence-corrected chi connectivity index (χ4v) is 1.78. The Bertz CT molecular complexity index is 750. The minimum absolute atomic E-state index is 0.00681. The zero-order valence-electron chi connectivity index (χ0n) is 9.99. The molecular formula is C11H10N4O4. The van der Waals surface area contributed by atoms with Gasteiger partial charge in [-0.1, -0.05) is 0 Å². The van der Waals surface area contributed by atoms with Crippen LogP contribution in [0.3, 0.4) is 0 Å². The Morgan fingerprint density at radius 2 is 2.26 bits per heavy atom. The summed E-state index contributed by atoms with van der Waals surface area (Å²) in [5.41, 5.74) is 4.23. The molecule has 0 atom stereocenters. The van der Waals surface area contributed by atoms with Crippen LogP contribution in [0.2, 0.25) is 0 Å².